The fourth-order valence-corrected chi connectivity index (χ4v) is 2.18. The van der Waals surface area contributed by atoms with Crippen molar-refractivity contribution in [2.24, 2.45) is 0 Å². The molecule has 0 aliphatic heterocycles. The molecule has 0 fully saturated rings. The lowest BCUT2D eigenvalue weighted by Crippen LogP contribution is -2.18. The number of rotatable bonds is 5. The molecule has 0 bridgehead atoms. The molecular weight excluding hydrogens is 294 g/mol. The molecule has 0 aliphatic carbocycles. The van der Waals surface area contributed by atoms with E-state index in [9.17, 15) is 4.79 Å². The third-order valence-corrected chi connectivity index (χ3v) is 3.34. The number of hydrogen-bond donors (Lipinski definition) is 2. The van der Waals surface area contributed by atoms with E-state index >= 15 is 0 Å². The van der Waals surface area contributed by atoms with E-state index in [1.54, 1.807) is 29.7 Å². The van der Waals surface area contributed by atoms with E-state index in [0.717, 1.165) is 11.1 Å². The lowest BCUT2D eigenvalue weighted by atomic mass is 10.1. The molecule has 0 saturated carbocycles. The molecule has 0 atom stereocenters. The molecule has 1 aromatic heterocycles. The van der Waals surface area contributed by atoms with Crippen LogP contribution in [0, 0.1) is 0 Å². The molecule has 7 nitrogen and oxygen atoms in total. The zero-order valence-electron chi connectivity index (χ0n) is 12.3. The zero-order valence-corrected chi connectivity index (χ0v) is 12.3. The average molecular weight is 309 g/mol. The summed E-state index contributed by atoms with van der Waals surface area (Å²) in [6.45, 7) is 0.461. The smallest absolute Gasteiger partial charge is 0.274 e. The van der Waals surface area contributed by atoms with Crippen LogP contribution in [-0.4, -0.2) is 31.3 Å². The first-order valence-electron chi connectivity index (χ1n) is 7.08. The van der Waals surface area contributed by atoms with Crippen LogP contribution in [0.1, 0.15) is 27.3 Å². The van der Waals surface area contributed by atoms with Crippen molar-refractivity contribution in [3.63, 3.8) is 0 Å². The monoisotopic (exact) mass is 309 g/mol. The molecule has 0 spiro atoms. The number of benzene rings is 2. The summed E-state index contributed by atoms with van der Waals surface area (Å²) in [4.78, 5) is 12.8. The normalized spacial score (nSPS) is 10.5. The maximum absolute atomic E-state index is 11.3. The topological polar surface area (TPSA) is 92.9 Å². The predicted molar refractivity (Wildman–Crippen MR) is 81.9 cm³/mol. The largest absolute Gasteiger partial charge is 0.288 e. The highest BCUT2D eigenvalue weighted by Gasteiger charge is 2.06. The third kappa shape index (κ3) is 3.78. The molecule has 0 aliphatic rings. The Morgan fingerprint density at radius 3 is 2.48 bits per heavy atom. The molecule has 2 N–H and O–H groups in total. The molecule has 3 rings (SSSR count). The molecule has 23 heavy (non-hydrogen) atoms. The van der Waals surface area contributed by atoms with Crippen LogP contribution in [0.4, 0.5) is 0 Å². The summed E-state index contributed by atoms with van der Waals surface area (Å²) in [5.74, 6) is 0.119. The summed E-state index contributed by atoms with van der Waals surface area (Å²) in [5, 5.41) is 21.0. The first kappa shape index (κ1) is 14.9. The molecule has 7 heteroatoms. The molecule has 0 saturated heterocycles. The fraction of sp³-hybridized carbons (Fsp3) is 0.125. The molecular formula is C16H15N5O2. The minimum atomic E-state index is -0.541. The summed E-state index contributed by atoms with van der Waals surface area (Å²) in [6.07, 6.45) is 0.635. The summed E-state index contributed by atoms with van der Waals surface area (Å²) >= 11 is 0. The number of nitrogens with one attached hydrogen (secondary N) is 1. The quantitative estimate of drug-likeness (QED) is 0.549. The maximum atomic E-state index is 11.3. The van der Waals surface area contributed by atoms with Crippen molar-refractivity contribution in [2.45, 2.75) is 13.0 Å². The standard InChI is InChI=1S/C16H15N5O2/c22-16(19-23)14-8-6-13(7-9-14)11-21-18-15(17-20-21)10-12-4-2-1-3-5-12/h1-9,23H,10-11H2,(H,19,22). The van der Waals surface area contributed by atoms with Gasteiger partial charge in [0.25, 0.3) is 5.91 Å². The first-order valence-corrected chi connectivity index (χ1v) is 7.08. The van der Waals surface area contributed by atoms with Crippen LogP contribution in [0.15, 0.2) is 54.6 Å². The zero-order chi connectivity index (χ0) is 16.1. The van der Waals surface area contributed by atoms with Crippen molar-refractivity contribution in [3.05, 3.63) is 77.1 Å². The summed E-state index contributed by atoms with van der Waals surface area (Å²) in [6, 6.07) is 16.8. The van der Waals surface area contributed by atoms with Gasteiger partial charge >= 0.3 is 0 Å². The Morgan fingerprint density at radius 2 is 1.78 bits per heavy atom. The van der Waals surface area contributed by atoms with Crippen LogP contribution < -0.4 is 5.48 Å². The van der Waals surface area contributed by atoms with Crippen molar-refractivity contribution in [1.82, 2.24) is 25.7 Å². The van der Waals surface area contributed by atoms with Crippen LogP contribution in [0.3, 0.4) is 0 Å². The van der Waals surface area contributed by atoms with Crippen LogP contribution in [-0.2, 0) is 13.0 Å². The van der Waals surface area contributed by atoms with E-state index in [4.69, 9.17) is 5.21 Å². The molecule has 1 heterocycles. The van der Waals surface area contributed by atoms with E-state index in [-0.39, 0.29) is 0 Å². The first-order chi connectivity index (χ1) is 11.2. The Labute approximate surface area is 132 Å². The van der Waals surface area contributed by atoms with Gasteiger partial charge in [-0.3, -0.25) is 10.0 Å². The number of hydrogen-bond acceptors (Lipinski definition) is 5. The van der Waals surface area contributed by atoms with Crippen LogP contribution in [0.5, 0.6) is 0 Å². The lowest BCUT2D eigenvalue weighted by molar-refractivity contribution is 0.0706. The Balaban J connectivity index is 1.66. The SMILES string of the molecule is O=C(NO)c1ccc(Cn2nnc(Cc3ccccc3)n2)cc1. The fourth-order valence-electron chi connectivity index (χ4n) is 2.18. The van der Waals surface area contributed by atoms with Gasteiger partial charge in [-0.25, -0.2) is 5.48 Å². The number of tetrazole rings is 1. The third-order valence-electron chi connectivity index (χ3n) is 3.34. The minimum absolute atomic E-state index is 0.382. The van der Waals surface area contributed by atoms with Crippen molar-refractivity contribution in [3.8, 4) is 0 Å². The highest BCUT2D eigenvalue weighted by molar-refractivity contribution is 5.93. The Kier molecular flexibility index (Phi) is 4.39. The van der Waals surface area contributed by atoms with Gasteiger partial charge in [0.1, 0.15) is 0 Å². The molecule has 0 radical (unpaired) electrons. The second-order valence-corrected chi connectivity index (χ2v) is 5.04. The summed E-state index contributed by atoms with van der Waals surface area (Å²) < 4.78 is 0. The molecule has 3 aromatic rings. The van der Waals surface area contributed by atoms with Gasteiger partial charge in [0, 0.05) is 12.0 Å². The van der Waals surface area contributed by atoms with Crippen LogP contribution in [0.25, 0.3) is 0 Å². The number of carbonyl (C=O) groups is 1. The summed E-state index contributed by atoms with van der Waals surface area (Å²) in [5.41, 5.74) is 4.04. The minimum Gasteiger partial charge on any atom is -0.288 e. The molecule has 1 amide bonds. The van der Waals surface area contributed by atoms with Crippen molar-refractivity contribution >= 4 is 5.91 Å². The number of nitrogens with zero attached hydrogens (tertiary/aromatic N) is 4. The Morgan fingerprint density at radius 1 is 1.04 bits per heavy atom. The Hall–Kier alpha value is -3.06. The highest BCUT2D eigenvalue weighted by atomic mass is 16.5. The van der Waals surface area contributed by atoms with E-state index in [2.05, 4.69) is 15.4 Å². The van der Waals surface area contributed by atoms with Crippen molar-refractivity contribution in [1.29, 1.82) is 0 Å². The number of hydroxylamine groups is 1. The number of carbonyl (C=O) groups excluding carboxylic acids is 1. The van der Waals surface area contributed by atoms with E-state index in [0.29, 0.717) is 24.4 Å². The van der Waals surface area contributed by atoms with Crippen molar-refractivity contribution < 1.29 is 10.0 Å². The van der Waals surface area contributed by atoms with Gasteiger partial charge in [-0.15, -0.1) is 10.2 Å². The molecule has 2 aromatic carbocycles. The summed E-state index contributed by atoms with van der Waals surface area (Å²) in [7, 11) is 0. The van der Waals surface area contributed by atoms with E-state index in [1.807, 2.05) is 30.3 Å². The van der Waals surface area contributed by atoms with Gasteiger partial charge in [-0.05, 0) is 28.5 Å². The highest BCUT2D eigenvalue weighted by Crippen LogP contribution is 2.07. The average Bonchev–Trinajstić information content (AvgIpc) is 3.02. The van der Waals surface area contributed by atoms with Crippen LogP contribution >= 0.6 is 0 Å². The molecule has 0 unspecified atom stereocenters. The lowest BCUT2D eigenvalue weighted by Gasteiger charge is -2.02. The Bertz CT molecular complexity index is 784. The van der Waals surface area contributed by atoms with Gasteiger partial charge in [0.15, 0.2) is 5.82 Å². The van der Waals surface area contributed by atoms with Crippen molar-refractivity contribution in [2.75, 3.05) is 0 Å². The predicted octanol–water partition coefficient (Wildman–Crippen LogP) is 1.43. The number of aromatic nitrogens is 4. The number of amides is 1. The van der Waals surface area contributed by atoms with Crippen LogP contribution in [0.2, 0.25) is 0 Å². The second-order valence-electron chi connectivity index (χ2n) is 5.04. The van der Waals surface area contributed by atoms with Gasteiger partial charge in [-0.1, -0.05) is 42.5 Å². The van der Waals surface area contributed by atoms with Gasteiger partial charge in [0.2, 0.25) is 0 Å². The van der Waals surface area contributed by atoms with E-state index < -0.39 is 5.91 Å². The van der Waals surface area contributed by atoms with Gasteiger partial charge in [0.05, 0.1) is 6.54 Å². The van der Waals surface area contributed by atoms with Gasteiger partial charge < -0.3 is 0 Å². The van der Waals surface area contributed by atoms with Gasteiger partial charge in [-0.2, -0.15) is 4.80 Å². The molecule has 116 valence electrons. The maximum Gasteiger partial charge on any atom is 0.274 e. The van der Waals surface area contributed by atoms with E-state index in [1.165, 1.54) is 4.80 Å². The second kappa shape index (κ2) is 6.80.